The van der Waals surface area contributed by atoms with Crippen LogP contribution in [0.25, 0.3) is 0 Å². The second-order valence-corrected chi connectivity index (χ2v) is 3.88. The molecule has 0 aliphatic carbocycles. The maximum Gasteiger partial charge on any atom is 0.174 e. The van der Waals surface area contributed by atoms with Crippen molar-refractivity contribution in [3.63, 3.8) is 0 Å². The Kier molecular flexibility index (Phi) is 3.77. The van der Waals surface area contributed by atoms with Crippen LogP contribution in [0, 0.1) is 11.7 Å². The van der Waals surface area contributed by atoms with Crippen LogP contribution >= 0.6 is 0 Å². The summed E-state index contributed by atoms with van der Waals surface area (Å²) < 4.78 is 12.9. The maximum atomic E-state index is 12.9. The van der Waals surface area contributed by atoms with Gasteiger partial charge in [0.25, 0.3) is 0 Å². The van der Waals surface area contributed by atoms with Gasteiger partial charge in [-0.25, -0.2) is 4.39 Å². The van der Waals surface area contributed by atoms with Crippen molar-refractivity contribution in [2.75, 3.05) is 0 Å². The van der Waals surface area contributed by atoms with Gasteiger partial charge >= 0.3 is 0 Å². The Morgan fingerprint density at radius 3 is 2.56 bits per heavy atom. The van der Waals surface area contributed by atoms with Gasteiger partial charge in [-0.05, 0) is 18.2 Å². The number of Topliss-reactive ketones (excluding diaryl/α,β-unsaturated/α-hetero) is 2. The summed E-state index contributed by atoms with van der Waals surface area (Å²) in [7, 11) is 0. The number of carbonyl (C=O) groups excluding carboxylic acids is 2. The molecule has 0 aromatic heterocycles. The van der Waals surface area contributed by atoms with Crippen molar-refractivity contribution in [1.29, 1.82) is 0 Å². The Hall–Kier alpha value is -1.71. The zero-order valence-corrected chi connectivity index (χ0v) is 9.16. The lowest BCUT2D eigenvalue weighted by molar-refractivity contribution is -0.121. The fraction of sp³-hybridized carbons (Fsp3) is 0.333. The summed E-state index contributed by atoms with van der Waals surface area (Å²) in [6, 6.07) is 3.09. The van der Waals surface area contributed by atoms with Crippen molar-refractivity contribution >= 4 is 11.6 Å². The van der Waals surface area contributed by atoms with Gasteiger partial charge in [0.05, 0.1) is 12.0 Å². The van der Waals surface area contributed by atoms with Crippen LogP contribution in [-0.2, 0) is 4.79 Å². The molecule has 16 heavy (non-hydrogen) atoms. The van der Waals surface area contributed by atoms with E-state index in [0.29, 0.717) is 0 Å². The minimum atomic E-state index is -0.613. The molecular formula is C12H13FO3. The molecule has 4 heteroatoms. The van der Waals surface area contributed by atoms with Crippen LogP contribution in [0.1, 0.15) is 30.6 Å². The first-order valence-corrected chi connectivity index (χ1v) is 4.96. The number of phenols is 1. The summed E-state index contributed by atoms with van der Waals surface area (Å²) in [4.78, 5) is 22.9. The molecule has 0 radical (unpaired) electrons. The minimum absolute atomic E-state index is 0.144. The van der Waals surface area contributed by atoms with Crippen molar-refractivity contribution < 1.29 is 19.1 Å². The normalized spacial score (nSPS) is 10.5. The first-order chi connectivity index (χ1) is 7.41. The third-order valence-corrected chi connectivity index (χ3v) is 2.24. The van der Waals surface area contributed by atoms with Gasteiger partial charge in [0.15, 0.2) is 5.78 Å². The maximum absolute atomic E-state index is 12.9. The van der Waals surface area contributed by atoms with Gasteiger partial charge in [-0.15, -0.1) is 0 Å². The van der Waals surface area contributed by atoms with E-state index >= 15 is 0 Å². The Morgan fingerprint density at radius 1 is 1.38 bits per heavy atom. The molecule has 0 spiro atoms. The van der Waals surface area contributed by atoms with Crippen LogP contribution in [0.15, 0.2) is 18.2 Å². The van der Waals surface area contributed by atoms with Crippen molar-refractivity contribution in [2.24, 2.45) is 5.92 Å². The monoisotopic (exact) mass is 224 g/mol. The van der Waals surface area contributed by atoms with E-state index in [2.05, 4.69) is 0 Å². The average molecular weight is 224 g/mol. The highest BCUT2D eigenvalue weighted by Gasteiger charge is 2.17. The first kappa shape index (κ1) is 12.4. The van der Waals surface area contributed by atoms with Crippen molar-refractivity contribution in [3.05, 3.63) is 29.6 Å². The number of benzene rings is 1. The number of ketones is 2. The number of halogens is 1. The number of phenolic OH excluding ortho intramolecular Hbond substituents is 1. The molecule has 0 unspecified atom stereocenters. The summed E-state index contributed by atoms with van der Waals surface area (Å²) in [5.74, 6) is -1.95. The topological polar surface area (TPSA) is 54.4 Å². The Bertz CT molecular complexity index is 424. The Balaban J connectivity index is 2.88. The van der Waals surface area contributed by atoms with E-state index in [1.165, 1.54) is 0 Å². The zero-order valence-electron chi connectivity index (χ0n) is 9.16. The second-order valence-electron chi connectivity index (χ2n) is 3.88. The molecule has 0 bridgehead atoms. The molecule has 0 atom stereocenters. The van der Waals surface area contributed by atoms with Gasteiger partial charge in [-0.3, -0.25) is 9.59 Å². The summed E-state index contributed by atoms with van der Waals surface area (Å²) in [6.07, 6.45) is -0.311. The molecule has 1 aromatic carbocycles. The molecule has 0 saturated heterocycles. The summed E-state index contributed by atoms with van der Waals surface area (Å²) >= 11 is 0. The summed E-state index contributed by atoms with van der Waals surface area (Å²) in [6.45, 7) is 3.36. The number of hydrogen-bond donors (Lipinski definition) is 1. The molecule has 1 aromatic rings. The van der Waals surface area contributed by atoms with E-state index in [-0.39, 0.29) is 29.4 Å². The highest BCUT2D eigenvalue weighted by molar-refractivity contribution is 6.09. The molecule has 0 aliphatic rings. The average Bonchev–Trinajstić information content (AvgIpc) is 2.21. The third kappa shape index (κ3) is 2.89. The number of rotatable bonds is 4. The van der Waals surface area contributed by atoms with Crippen molar-refractivity contribution in [2.45, 2.75) is 20.3 Å². The van der Waals surface area contributed by atoms with E-state index in [1.54, 1.807) is 13.8 Å². The quantitative estimate of drug-likeness (QED) is 0.630. The summed E-state index contributed by atoms with van der Waals surface area (Å²) in [5.41, 5.74) is -0.144. The lowest BCUT2D eigenvalue weighted by Crippen LogP contribution is -2.13. The third-order valence-electron chi connectivity index (χ3n) is 2.24. The van der Waals surface area contributed by atoms with Gasteiger partial charge in [-0.1, -0.05) is 13.8 Å². The predicted octanol–water partition coefficient (Wildman–Crippen LogP) is 2.33. The highest BCUT2D eigenvalue weighted by Crippen LogP contribution is 2.20. The van der Waals surface area contributed by atoms with Gasteiger partial charge in [0, 0.05) is 5.92 Å². The molecule has 0 saturated carbocycles. The van der Waals surface area contributed by atoms with E-state index in [0.717, 1.165) is 18.2 Å². The van der Waals surface area contributed by atoms with E-state index in [4.69, 9.17) is 0 Å². The van der Waals surface area contributed by atoms with Crippen LogP contribution < -0.4 is 0 Å². The number of carbonyl (C=O) groups is 2. The van der Waals surface area contributed by atoms with Gasteiger partial charge in [0.1, 0.15) is 17.3 Å². The fourth-order valence-corrected chi connectivity index (χ4v) is 1.19. The highest BCUT2D eigenvalue weighted by atomic mass is 19.1. The van der Waals surface area contributed by atoms with Crippen LogP contribution in [0.5, 0.6) is 5.75 Å². The Morgan fingerprint density at radius 2 is 2.00 bits per heavy atom. The largest absolute Gasteiger partial charge is 0.507 e. The number of aromatic hydroxyl groups is 1. The van der Waals surface area contributed by atoms with Crippen molar-refractivity contribution in [1.82, 2.24) is 0 Å². The zero-order chi connectivity index (χ0) is 12.3. The molecule has 0 aliphatic heterocycles. The SMILES string of the molecule is CC(C)C(=O)CC(=O)c1cc(F)ccc1O. The van der Waals surface area contributed by atoms with Gasteiger partial charge in [-0.2, -0.15) is 0 Å². The van der Waals surface area contributed by atoms with Crippen LogP contribution in [-0.4, -0.2) is 16.7 Å². The van der Waals surface area contributed by atoms with E-state index in [1.807, 2.05) is 0 Å². The summed E-state index contributed by atoms with van der Waals surface area (Å²) in [5, 5.41) is 9.36. The van der Waals surface area contributed by atoms with Gasteiger partial charge < -0.3 is 5.11 Å². The lowest BCUT2D eigenvalue weighted by Gasteiger charge is -2.05. The molecule has 1 rings (SSSR count). The van der Waals surface area contributed by atoms with Gasteiger partial charge in [0.2, 0.25) is 0 Å². The molecule has 0 heterocycles. The van der Waals surface area contributed by atoms with Crippen LogP contribution in [0.3, 0.4) is 0 Å². The molecule has 0 amide bonds. The van der Waals surface area contributed by atoms with Crippen molar-refractivity contribution in [3.8, 4) is 5.75 Å². The molecule has 0 fully saturated rings. The van der Waals surface area contributed by atoms with Crippen LogP contribution in [0.2, 0.25) is 0 Å². The minimum Gasteiger partial charge on any atom is -0.507 e. The predicted molar refractivity (Wildman–Crippen MR) is 56.9 cm³/mol. The first-order valence-electron chi connectivity index (χ1n) is 4.96. The standard InChI is InChI=1S/C12H13FO3/c1-7(2)11(15)6-12(16)9-5-8(13)3-4-10(9)14/h3-5,7,14H,6H2,1-2H3. The Labute approximate surface area is 92.9 Å². The molecule has 86 valence electrons. The molecular weight excluding hydrogens is 211 g/mol. The molecule has 3 nitrogen and oxygen atoms in total. The second kappa shape index (κ2) is 4.88. The smallest absolute Gasteiger partial charge is 0.174 e. The molecule has 1 N–H and O–H groups in total. The fourth-order valence-electron chi connectivity index (χ4n) is 1.19. The van der Waals surface area contributed by atoms with Crippen LogP contribution in [0.4, 0.5) is 4.39 Å². The van der Waals surface area contributed by atoms with E-state index < -0.39 is 11.6 Å². The van der Waals surface area contributed by atoms with E-state index in [9.17, 15) is 19.1 Å². The lowest BCUT2D eigenvalue weighted by atomic mass is 9.99. The number of hydrogen-bond acceptors (Lipinski definition) is 3.